The molecule has 5 nitrogen and oxygen atoms in total. The third-order valence-electron chi connectivity index (χ3n) is 4.68. The summed E-state index contributed by atoms with van der Waals surface area (Å²) in [5.74, 6) is -0.426. The van der Waals surface area contributed by atoms with E-state index < -0.39 is 15.9 Å². The number of nitrogens with one attached hydrogen (secondary N) is 1. The SMILES string of the molecule is Cc1ccc(S(=O)(=O)N(CC(=O)NCc2ccccc2Cl)Cc2ccc(Cl)cc2)cc1. The van der Waals surface area contributed by atoms with Crippen LogP contribution >= 0.6 is 23.2 Å². The van der Waals surface area contributed by atoms with Crippen molar-refractivity contribution < 1.29 is 13.2 Å². The molecule has 0 spiro atoms. The van der Waals surface area contributed by atoms with Crippen molar-refractivity contribution >= 4 is 39.1 Å². The summed E-state index contributed by atoms with van der Waals surface area (Å²) >= 11 is 12.1. The Balaban J connectivity index is 1.81. The first kappa shape index (κ1) is 23.3. The predicted octanol–water partition coefficient (Wildman–Crippen LogP) is 4.81. The van der Waals surface area contributed by atoms with Gasteiger partial charge < -0.3 is 5.32 Å². The van der Waals surface area contributed by atoms with Gasteiger partial charge in [-0.2, -0.15) is 4.31 Å². The molecule has 0 bridgehead atoms. The lowest BCUT2D eigenvalue weighted by atomic mass is 10.2. The molecule has 3 rings (SSSR count). The van der Waals surface area contributed by atoms with Crippen LogP contribution in [0.1, 0.15) is 16.7 Å². The summed E-state index contributed by atoms with van der Waals surface area (Å²) < 4.78 is 27.7. The number of amides is 1. The maximum Gasteiger partial charge on any atom is 0.243 e. The van der Waals surface area contributed by atoms with Crippen molar-refractivity contribution in [3.63, 3.8) is 0 Å². The molecule has 0 saturated heterocycles. The van der Waals surface area contributed by atoms with Crippen LogP contribution in [0.15, 0.2) is 77.7 Å². The molecule has 3 aromatic rings. The Hall–Kier alpha value is -2.38. The van der Waals surface area contributed by atoms with Gasteiger partial charge in [-0.15, -0.1) is 0 Å². The minimum atomic E-state index is -3.90. The highest BCUT2D eigenvalue weighted by Gasteiger charge is 2.27. The van der Waals surface area contributed by atoms with Crippen molar-refractivity contribution in [3.8, 4) is 0 Å². The van der Waals surface area contributed by atoms with Gasteiger partial charge in [0.2, 0.25) is 15.9 Å². The van der Waals surface area contributed by atoms with Crippen molar-refractivity contribution in [1.29, 1.82) is 0 Å². The van der Waals surface area contributed by atoms with Gasteiger partial charge in [-0.25, -0.2) is 8.42 Å². The van der Waals surface area contributed by atoms with Crippen LogP contribution in [-0.2, 0) is 27.9 Å². The average molecular weight is 477 g/mol. The highest BCUT2D eigenvalue weighted by molar-refractivity contribution is 7.89. The number of nitrogens with zero attached hydrogens (tertiary/aromatic N) is 1. The van der Waals surface area contributed by atoms with E-state index in [2.05, 4.69) is 5.32 Å². The molecular weight excluding hydrogens is 455 g/mol. The van der Waals surface area contributed by atoms with Crippen LogP contribution in [-0.4, -0.2) is 25.2 Å². The number of rotatable bonds is 8. The zero-order chi connectivity index (χ0) is 22.4. The zero-order valence-corrected chi connectivity index (χ0v) is 19.2. The molecule has 0 saturated carbocycles. The van der Waals surface area contributed by atoms with Gasteiger partial charge in [0.25, 0.3) is 0 Å². The van der Waals surface area contributed by atoms with Crippen molar-refractivity contribution in [2.45, 2.75) is 24.9 Å². The van der Waals surface area contributed by atoms with E-state index in [1.165, 1.54) is 0 Å². The van der Waals surface area contributed by atoms with E-state index in [4.69, 9.17) is 23.2 Å². The summed E-state index contributed by atoms with van der Waals surface area (Å²) in [6, 6.07) is 20.5. The van der Waals surface area contributed by atoms with E-state index in [-0.39, 0.29) is 24.5 Å². The molecule has 0 aliphatic heterocycles. The zero-order valence-electron chi connectivity index (χ0n) is 16.9. The normalized spacial score (nSPS) is 11.5. The Morgan fingerprint density at radius 1 is 0.935 bits per heavy atom. The molecule has 0 fully saturated rings. The molecule has 31 heavy (non-hydrogen) atoms. The van der Waals surface area contributed by atoms with E-state index >= 15 is 0 Å². The molecule has 3 aromatic carbocycles. The average Bonchev–Trinajstić information content (AvgIpc) is 2.74. The Morgan fingerprint density at radius 2 is 1.58 bits per heavy atom. The predicted molar refractivity (Wildman–Crippen MR) is 124 cm³/mol. The first-order valence-electron chi connectivity index (χ1n) is 9.57. The largest absolute Gasteiger partial charge is 0.351 e. The smallest absolute Gasteiger partial charge is 0.243 e. The van der Waals surface area contributed by atoms with Gasteiger partial charge >= 0.3 is 0 Å². The van der Waals surface area contributed by atoms with Gasteiger partial charge in [-0.3, -0.25) is 4.79 Å². The fraction of sp³-hybridized carbons (Fsp3) is 0.174. The molecule has 0 aliphatic rings. The lowest BCUT2D eigenvalue weighted by Gasteiger charge is -2.22. The van der Waals surface area contributed by atoms with E-state index in [0.717, 1.165) is 21.0 Å². The van der Waals surface area contributed by atoms with Crippen LogP contribution in [0, 0.1) is 6.92 Å². The minimum Gasteiger partial charge on any atom is -0.351 e. The summed E-state index contributed by atoms with van der Waals surface area (Å²) in [6.07, 6.45) is 0. The monoisotopic (exact) mass is 476 g/mol. The summed E-state index contributed by atoms with van der Waals surface area (Å²) in [4.78, 5) is 12.8. The van der Waals surface area contributed by atoms with Crippen LogP contribution in [0.5, 0.6) is 0 Å². The summed E-state index contributed by atoms with van der Waals surface area (Å²) in [6.45, 7) is 1.79. The Morgan fingerprint density at radius 3 is 2.23 bits per heavy atom. The number of halogens is 2. The van der Waals surface area contributed by atoms with Crippen LogP contribution in [0.2, 0.25) is 10.0 Å². The number of hydrogen-bond donors (Lipinski definition) is 1. The topological polar surface area (TPSA) is 66.5 Å². The standard InChI is InChI=1S/C23H22Cl2N2O3S/c1-17-6-12-21(13-7-17)31(29,30)27(15-18-8-10-20(24)11-9-18)16-23(28)26-14-19-4-2-3-5-22(19)25/h2-13H,14-16H2,1H3,(H,26,28). The van der Waals surface area contributed by atoms with Crippen molar-refractivity contribution in [2.24, 2.45) is 0 Å². The van der Waals surface area contributed by atoms with Gasteiger partial charge in [0.05, 0.1) is 11.4 Å². The maximum atomic E-state index is 13.3. The van der Waals surface area contributed by atoms with Gasteiger partial charge in [-0.1, -0.05) is 71.2 Å². The van der Waals surface area contributed by atoms with Crippen LogP contribution < -0.4 is 5.32 Å². The van der Waals surface area contributed by atoms with Gasteiger partial charge in [0.15, 0.2) is 0 Å². The number of sulfonamides is 1. The van der Waals surface area contributed by atoms with Crippen LogP contribution in [0.3, 0.4) is 0 Å². The fourth-order valence-corrected chi connectivity index (χ4v) is 4.64. The quantitative estimate of drug-likeness (QED) is 0.507. The number of benzene rings is 3. The molecule has 162 valence electrons. The Labute approximate surface area is 192 Å². The summed E-state index contributed by atoms with van der Waals surface area (Å²) in [7, 11) is -3.90. The van der Waals surface area contributed by atoms with E-state index in [1.807, 2.05) is 13.0 Å². The van der Waals surface area contributed by atoms with Gasteiger partial charge in [0.1, 0.15) is 0 Å². The molecule has 1 amide bonds. The molecule has 0 atom stereocenters. The molecule has 0 aromatic heterocycles. The van der Waals surface area contributed by atoms with Crippen molar-refractivity contribution in [2.75, 3.05) is 6.54 Å². The maximum absolute atomic E-state index is 13.3. The minimum absolute atomic E-state index is 0.0346. The molecule has 0 aliphatic carbocycles. The van der Waals surface area contributed by atoms with Gasteiger partial charge in [-0.05, 0) is 48.4 Å². The molecule has 0 radical (unpaired) electrons. The molecule has 8 heteroatoms. The van der Waals surface area contributed by atoms with Crippen LogP contribution in [0.25, 0.3) is 0 Å². The fourth-order valence-electron chi connectivity index (χ4n) is 2.93. The second-order valence-corrected chi connectivity index (χ2v) is 9.86. The second kappa shape index (κ2) is 10.3. The first-order valence-corrected chi connectivity index (χ1v) is 11.8. The third kappa shape index (κ3) is 6.31. The molecule has 0 unspecified atom stereocenters. The number of carbonyl (C=O) groups excluding carboxylic acids is 1. The highest BCUT2D eigenvalue weighted by Crippen LogP contribution is 2.20. The third-order valence-corrected chi connectivity index (χ3v) is 7.11. The van der Waals surface area contributed by atoms with Crippen molar-refractivity contribution in [1.82, 2.24) is 9.62 Å². The van der Waals surface area contributed by atoms with E-state index in [1.54, 1.807) is 66.7 Å². The molecule has 1 N–H and O–H groups in total. The summed E-state index contributed by atoms with van der Waals surface area (Å²) in [5.41, 5.74) is 2.42. The van der Waals surface area contributed by atoms with E-state index in [0.29, 0.717) is 10.0 Å². The lowest BCUT2D eigenvalue weighted by Crippen LogP contribution is -2.40. The second-order valence-electron chi connectivity index (χ2n) is 7.08. The van der Waals surface area contributed by atoms with E-state index in [9.17, 15) is 13.2 Å². The Bertz CT molecular complexity index is 1150. The van der Waals surface area contributed by atoms with Crippen LogP contribution in [0.4, 0.5) is 0 Å². The van der Waals surface area contributed by atoms with Gasteiger partial charge in [0, 0.05) is 23.1 Å². The van der Waals surface area contributed by atoms with Crippen molar-refractivity contribution in [3.05, 3.63) is 99.5 Å². The molecule has 0 heterocycles. The number of carbonyl (C=O) groups is 1. The summed E-state index contributed by atoms with van der Waals surface area (Å²) in [5, 5.41) is 3.83. The number of hydrogen-bond acceptors (Lipinski definition) is 3. The number of aryl methyl sites for hydroxylation is 1. The Kier molecular flexibility index (Phi) is 7.73. The highest BCUT2D eigenvalue weighted by atomic mass is 35.5. The molecular formula is C23H22Cl2N2O3S. The lowest BCUT2D eigenvalue weighted by molar-refractivity contribution is -0.121. The first-order chi connectivity index (χ1) is 14.8.